The fourth-order valence-corrected chi connectivity index (χ4v) is 2.68. The fourth-order valence-electron chi connectivity index (χ4n) is 2.40. The average Bonchev–Trinajstić information content (AvgIpc) is 2.46. The fraction of sp³-hybridized carbons (Fsp3) is 0.111. The lowest BCUT2D eigenvalue weighted by Crippen LogP contribution is -2.01. The van der Waals surface area contributed by atoms with Crippen LogP contribution in [0, 0.1) is 6.92 Å². The highest BCUT2D eigenvalue weighted by Gasteiger charge is 2.03. The number of rotatable bonds is 3. The number of nitrogens with one attached hydrogen (secondary N) is 1. The number of benzene rings is 3. The molecule has 20 heavy (non-hydrogen) atoms. The van der Waals surface area contributed by atoms with Gasteiger partial charge < -0.3 is 5.32 Å². The van der Waals surface area contributed by atoms with Gasteiger partial charge in [0.2, 0.25) is 0 Å². The largest absolute Gasteiger partial charge is 0.380 e. The summed E-state index contributed by atoms with van der Waals surface area (Å²) in [7, 11) is 0. The molecule has 0 aliphatic heterocycles. The lowest BCUT2D eigenvalue weighted by Gasteiger charge is -2.12. The van der Waals surface area contributed by atoms with E-state index >= 15 is 0 Å². The summed E-state index contributed by atoms with van der Waals surface area (Å²) < 4.78 is 0. The van der Waals surface area contributed by atoms with E-state index in [4.69, 9.17) is 11.6 Å². The van der Waals surface area contributed by atoms with Gasteiger partial charge in [-0.2, -0.15) is 0 Å². The number of para-hydroxylation sites is 1. The minimum Gasteiger partial charge on any atom is -0.380 e. The molecule has 3 aromatic carbocycles. The van der Waals surface area contributed by atoms with Gasteiger partial charge in [-0.3, -0.25) is 0 Å². The Bertz CT molecular complexity index is 729. The Labute approximate surface area is 124 Å². The van der Waals surface area contributed by atoms with Crippen LogP contribution in [0.1, 0.15) is 11.1 Å². The molecule has 0 aliphatic carbocycles. The van der Waals surface area contributed by atoms with Gasteiger partial charge in [-0.25, -0.2) is 0 Å². The molecule has 0 spiro atoms. The van der Waals surface area contributed by atoms with Crippen LogP contribution in [0.4, 0.5) is 5.69 Å². The van der Waals surface area contributed by atoms with Crippen LogP contribution in [-0.2, 0) is 6.54 Å². The van der Waals surface area contributed by atoms with E-state index in [9.17, 15) is 0 Å². The van der Waals surface area contributed by atoms with Crippen molar-refractivity contribution in [3.8, 4) is 0 Å². The molecule has 0 radical (unpaired) electrons. The minimum atomic E-state index is 0.769. The Hall–Kier alpha value is -1.99. The van der Waals surface area contributed by atoms with Gasteiger partial charge in [0.05, 0.1) is 10.7 Å². The first-order valence-electron chi connectivity index (χ1n) is 6.71. The molecule has 1 nitrogen and oxygen atoms in total. The van der Waals surface area contributed by atoms with Crippen molar-refractivity contribution in [3.63, 3.8) is 0 Å². The molecule has 0 bridgehead atoms. The minimum absolute atomic E-state index is 0.769. The molecule has 1 N–H and O–H groups in total. The number of aryl methyl sites for hydroxylation is 1. The van der Waals surface area contributed by atoms with E-state index in [0.29, 0.717) is 0 Å². The van der Waals surface area contributed by atoms with Crippen LogP contribution in [0.2, 0.25) is 5.02 Å². The van der Waals surface area contributed by atoms with E-state index in [-0.39, 0.29) is 0 Å². The van der Waals surface area contributed by atoms with Crippen molar-refractivity contribution in [2.24, 2.45) is 0 Å². The van der Waals surface area contributed by atoms with E-state index in [1.807, 2.05) is 12.1 Å². The first-order valence-corrected chi connectivity index (χ1v) is 7.08. The highest BCUT2D eigenvalue weighted by atomic mass is 35.5. The topological polar surface area (TPSA) is 12.0 Å². The Morgan fingerprint density at radius 2 is 1.70 bits per heavy atom. The monoisotopic (exact) mass is 281 g/mol. The molecule has 2 heteroatoms. The second kappa shape index (κ2) is 5.56. The van der Waals surface area contributed by atoms with Crippen LogP contribution in [0.25, 0.3) is 10.8 Å². The molecule has 0 heterocycles. The summed E-state index contributed by atoms with van der Waals surface area (Å²) in [5, 5.41) is 6.73. The van der Waals surface area contributed by atoms with Gasteiger partial charge in [-0.15, -0.1) is 0 Å². The standard InChI is InChI=1S/C18H16ClN/c1-13-5-4-8-17(19)18(13)20-12-14-9-10-15-6-2-3-7-16(15)11-14/h2-11,20H,12H2,1H3. The van der Waals surface area contributed by atoms with Crippen LogP contribution in [0.5, 0.6) is 0 Å². The van der Waals surface area contributed by atoms with Crippen molar-refractivity contribution in [1.29, 1.82) is 0 Å². The lowest BCUT2D eigenvalue weighted by molar-refractivity contribution is 1.15. The zero-order valence-electron chi connectivity index (χ0n) is 11.4. The summed E-state index contributed by atoms with van der Waals surface area (Å²) in [6.07, 6.45) is 0. The van der Waals surface area contributed by atoms with Crippen molar-refractivity contribution in [3.05, 3.63) is 76.8 Å². The van der Waals surface area contributed by atoms with Gasteiger partial charge in [0.25, 0.3) is 0 Å². The maximum atomic E-state index is 6.23. The molecular weight excluding hydrogens is 266 g/mol. The normalized spacial score (nSPS) is 10.7. The summed E-state index contributed by atoms with van der Waals surface area (Å²) >= 11 is 6.23. The lowest BCUT2D eigenvalue weighted by atomic mass is 10.1. The van der Waals surface area contributed by atoms with E-state index in [1.165, 1.54) is 21.9 Å². The molecule has 0 unspecified atom stereocenters. The molecule has 0 fully saturated rings. The number of anilines is 1. The highest BCUT2D eigenvalue weighted by Crippen LogP contribution is 2.26. The molecule has 3 rings (SSSR count). The van der Waals surface area contributed by atoms with Crippen molar-refractivity contribution < 1.29 is 0 Å². The predicted octanol–water partition coefficient (Wildman–Crippen LogP) is 5.41. The molecule has 0 aromatic heterocycles. The quantitative estimate of drug-likeness (QED) is 0.676. The number of fused-ring (bicyclic) bond motifs is 1. The third-order valence-electron chi connectivity index (χ3n) is 3.51. The third kappa shape index (κ3) is 2.63. The van der Waals surface area contributed by atoms with Crippen LogP contribution in [-0.4, -0.2) is 0 Å². The number of hydrogen-bond donors (Lipinski definition) is 1. The van der Waals surface area contributed by atoms with Crippen molar-refractivity contribution in [2.45, 2.75) is 13.5 Å². The molecule has 0 saturated heterocycles. The Kier molecular flexibility index (Phi) is 3.62. The van der Waals surface area contributed by atoms with Crippen molar-refractivity contribution >= 4 is 28.1 Å². The maximum absolute atomic E-state index is 6.23. The summed E-state index contributed by atoms with van der Waals surface area (Å²) in [6.45, 7) is 2.84. The van der Waals surface area contributed by atoms with Gasteiger partial charge >= 0.3 is 0 Å². The average molecular weight is 282 g/mol. The van der Waals surface area contributed by atoms with Gasteiger partial charge in [0.1, 0.15) is 0 Å². The molecule has 0 atom stereocenters. The van der Waals surface area contributed by atoms with Crippen LogP contribution in [0.3, 0.4) is 0 Å². The maximum Gasteiger partial charge on any atom is 0.0640 e. The predicted molar refractivity (Wildman–Crippen MR) is 87.5 cm³/mol. The summed E-state index contributed by atoms with van der Waals surface area (Å²) in [4.78, 5) is 0. The molecule has 0 aliphatic rings. The highest BCUT2D eigenvalue weighted by molar-refractivity contribution is 6.33. The van der Waals surface area contributed by atoms with Gasteiger partial charge in [0.15, 0.2) is 0 Å². The second-order valence-corrected chi connectivity index (χ2v) is 5.37. The van der Waals surface area contributed by atoms with E-state index in [2.05, 4.69) is 60.8 Å². The Balaban J connectivity index is 1.83. The van der Waals surface area contributed by atoms with E-state index in [1.54, 1.807) is 0 Å². The zero-order valence-corrected chi connectivity index (χ0v) is 12.1. The summed E-state index contributed by atoms with van der Waals surface area (Å²) in [5.74, 6) is 0. The molecule has 3 aromatic rings. The first-order chi connectivity index (χ1) is 9.74. The van der Waals surface area contributed by atoms with E-state index in [0.717, 1.165) is 17.3 Å². The zero-order chi connectivity index (χ0) is 13.9. The van der Waals surface area contributed by atoms with Gasteiger partial charge in [-0.05, 0) is 41.0 Å². The molecular formula is C18H16ClN. The van der Waals surface area contributed by atoms with Crippen LogP contribution in [0.15, 0.2) is 60.7 Å². The first kappa shape index (κ1) is 13.0. The van der Waals surface area contributed by atoms with Crippen molar-refractivity contribution in [2.75, 3.05) is 5.32 Å². The van der Waals surface area contributed by atoms with Crippen LogP contribution >= 0.6 is 11.6 Å². The SMILES string of the molecule is Cc1cccc(Cl)c1NCc1ccc2ccccc2c1. The molecule has 100 valence electrons. The van der Waals surface area contributed by atoms with E-state index < -0.39 is 0 Å². The smallest absolute Gasteiger partial charge is 0.0640 e. The van der Waals surface area contributed by atoms with Gasteiger partial charge in [0, 0.05) is 6.54 Å². The van der Waals surface area contributed by atoms with Crippen LogP contribution < -0.4 is 5.32 Å². The number of halogens is 1. The van der Waals surface area contributed by atoms with Gasteiger partial charge in [-0.1, -0.05) is 60.1 Å². The summed E-state index contributed by atoms with van der Waals surface area (Å²) in [5.41, 5.74) is 3.43. The Morgan fingerprint density at radius 3 is 2.50 bits per heavy atom. The van der Waals surface area contributed by atoms with Crippen molar-refractivity contribution in [1.82, 2.24) is 0 Å². The Morgan fingerprint density at radius 1 is 0.900 bits per heavy atom. The molecule has 0 amide bonds. The third-order valence-corrected chi connectivity index (χ3v) is 3.82. The summed E-state index contributed by atoms with van der Waals surface area (Å²) in [6, 6.07) is 20.9. The number of hydrogen-bond acceptors (Lipinski definition) is 1. The molecule has 0 saturated carbocycles. The second-order valence-electron chi connectivity index (χ2n) is 4.97.